The number of fused-ring (bicyclic) bond motifs is 3. The van der Waals surface area contributed by atoms with E-state index in [0.717, 1.165) is 11.3 Å². The van der Waals surface area contributed by atoms with Crippen LogP contribution in [0.3, 0.4) is 0 Å². The summed E-state index contributed by atoms with van der Waals surface area (Å²) in [6, 6.07) is 11.4. The van der Waals surface area contributed by atoms with Crippen LogP contribution in [-0.4, -0.2) is 49.0 Å². The van der Waals surface area contributed by atoms with Crippen molar-refractivity contribution in [3.05, 3.63) is 53.6 Å². The number of hydrogen-bond donors (Lipinski definition) is 1. The van der Waals surface area contributed by atoms with E-state index in [1.165, 1.54) is 0 Å². The molecule has 3 aliphatic heterocycles. The lowest BCUT2D eigenvalue weighted by atomic mass is 9.84. The van der Waals surface area contributed by atoms with E-state index in [0.29, 0.717) is 54.6 Å². The van der Waals surface area contributed by atoms with E-state index in [-0.39, 0.29) is 12.3 Å². The second-order valence-corrected chi connectivity index (χ2v) is 7.46. The Hall–Kier alpha value is -3.55. The average Bonchev–Trinajstić information content (AvgIpc) is 2.93. The third kappa shape index (κ3) is 2.87. The van der Waals surface area contributed by atoms with Crippen LogP contribution >= 0.6 is 0 Å². The van der Waals surface area contributed by atoms with Gasteiger partial charge in [-0.25, -0.2) is 4.79 Å². The smallest absolute Gasteiger partial charge is 0.325 e. The van der Waals surface area contributed by atoms with Crippen LogP contribution in [0.15, 0.2) is 42.5 Å². The Morgan fingerprint density at radius 2 is 1.73 bits per heavy atom. The molecule has 1 spiro atoms. The maximum Gasteiger partial charge on any atom is 0.325 e. The van der Waals surface area contributed by atoms with Crippen LogP contribution in [0.2, 0.25) is 0 Å². The summed E-state index contributed by atoms with van der Waals surface area (Å²) in [5, 5.41) is 2.80. The van der Waals surface area contributed by atoms with Gasteiger partial charge in [0.15, 0.2) is 22.8 Å². The molecule has 0 radical (unpaired) electrons. The van der Waals surface area contributed by atoms with Gasteiger partial charge in [0.1, 0.15) is 5.75 Å². The number of urea groups is 1. The monoisotopic (exact) mass is 408 g/mol. The number of nitrogens with zero attached hydrogens (tertiary/aromatic N) is 1. The van der Waals surface area contributed by atoms with Gasteiger partial charge in [0.05, 0.1) is 26.4 Å². The summed E-state index contributed by atoms with van der Waals surface area (Å²) < 4.78 is 16.8. The van der Waals surface area contributed by atoms with Gasteiger partial charge in [-0.05, 0) is 24.3 Å². The summed E-state index contributed by atoms with van der Waals surface area (Å²) in [5.74, 6) is 0.841. The minimum atomic E-state index is -1.20. The van der Waals surface area contributed by atoms with Crippen LogP contribution in [0.25, 0.3) is 0 Å². The number of hydrogen-bond acceptors (Lipinski definition) is 6. The van der Waals surface area contributed by atoms with Crippen molar-refractivity contribution in [1.82, 2.24) is 10.2 Å². The third-order valence-corrected chi connectivity index (χ3v) is 5.63. The quantitative estimate of drug-likeness (QED) is 0.619. The molecule has 2 aromatic rings. The SMILES string of the molecule is O=C(CN1C(=O)NC2(CCOc3ccccc32)C1=O)c1ccc2c(c1)OCCCO2. The van der Waals surface area contributed by atoms with Gasteiger partial charge in [-0.3, -0.25) is 14.5 Å². The highest BCUT2D eigenvalue weighted by atomic mass is 16.5. The van der Waals surface area contributed by atoms with Crippen molar-refractivity contribution in [2.24, 2.45) is 0 Å². The summed E-state index contributed by atoms with van der Waals surface area (Å²) in [6.45, 7) is 1.000. The number of carbonyl (C=O) groups is 3. The predicted octanol–water partition coefficient (Wildman–Crippen LogP) is 2.26. The number of imide groups is 1. The minimum absolute atomic E-state index is 0.299. The van der Waals surface area contributed by atoms with Gasteiger partial charge < -0.3 is 19.5 Å². The van der Waals surface area contributed by atoms with Crippen molar-refractivity contribution in [1.29, 1.82) is 0 Å². The van der Waals surface area contributed by atoms with Crippen molar-refractivity contribution >= 4 is 17.7 Å². The molecule has 1 saturated heterocycles. The Labute approximate surface area is 172 Å². The number of ketones is 1. The first-order valence-corrected chi connectivity index (χ1v) is 9.88. The van der Waals surface area contributed by atoms with E-state index in [9.17, 15) is 14.4 Å². The van der Waals surface area contributed by atoms with E-state index in [1.54, 1.807) is 36.4 Å². The molecule has 0 saturated carbocycles. The molecule has 8 heteroatoms. The molecule has 1 N–H and O–H groups in total. The first-order valence-electron chi connectivity index (χ1n) is 9.88. The molecular formula is C22H20N2O6. The minimum Gasteiger partial charge on any atom is -0.493 e. The Morgan fingerprint density at radius 1 is 0.967 bits per heavy atom. The number of Topliss-reactive ketones (excluding diaryl/α,β-unsaturated/α-hetero) is 1. The normalized spacial score (nSPS) is 22.2. The zero-order chi connectivity index (χ0) is 20.7. The van der Waals surface area contributed by atoms with Crippen LogP contribution in [0.5, 0.6) is 17.2 Å². The van der Waals surface area contributed by atoms with Crippen LogP contribution < -0.4 is 19.5 Å². The Bertz CT molecular complexity index is 1050. The van der Waals surface area contributed by atoms with E-state index in [1.807, 2.05) is 6.07 Å². The van der Waals surface area contributed by atoms with Gasteiger partial charge in [-0.2, -0.15) is 0 Å². The Morgan fingerprint density at radius 3 is 2.60 bits per heavy atom. The second-order valence-electron chi connectivity index (χ2n) is 7.46. The van der Waals surface area contributed by atoms with Crippen molar-refractivity contribution in [2.75, 3.05) is 26.4 Å². The number of benzene rings is 2. The molecule has 154 valence electrons. The molecule has 2 aromatic carbocycles. The molecule has 1 fully saturated rings. The van der Waals surface area contributed by atoms with Gasteiger partial charge in [0.25, 0.3) is 5.91 Å². The maximum atomic E-state index is 13.3. The topological polar surface area (TPSA) is 94.2 Å². The zero-order valence-electron chi connectivity index (χ0n) is 16.2. The largest absolute Gasteiger partial charge is 0.493 e. The number of para-hydroxylation sites is 1. The summed E-state index contributed by atoms with van der Waals surface area (Å²) in [7, 11) is 0. The third-order valence-electron chi connectivity index (χ3n) is 5.63. The predicted molar refractivity (Wildman–Crippen MR) is 105 cm³/mol. The van der Waals surface area contributed by atoms with Crippen molar-refractivity contribution in [2.45, 2.75) is 18.4 Å². The second kappa shape index (κ2) is 7.05. The van der Waals surface area contributed by atoms with E-state index >= 15 is 0 Å². The molecule has 0 aliphatic carbocycles. The summed E-state index contributed by atoms with van der Waals surface area (Å²) in [4.78, 5) is 39.8. The summed E-state index contributed by atoms with van der Waals surface area (Å²) >= 11 is 0. The molecule has 3 heterocycles. The average molecular weight is 408 g/mol. The lowest BCUT2D eigenvalue weighted by molar-refractivity contribution is -0.132. The number of ether oxygens (including phenoxy) is 3. The van der Waals surface area contributed by atoms with Crippen LogP contribution in [-0.2, 0) is 10.3 Å². The van der Waals surface area contributed by atoms with E-state index in [2.05, 4.69) is 5.32 Å². The van der Waals surface area contributed by atoms with Crippen molar-refractivity contribution < 1.29 is 28.6 Å². The van der Waals surface area contributed by atoms with Crippen molar-refractivity contribution in [3.8, 4) is 17.2 Å². The zero-order valence-corrected chi connectivity index (χ0v) is 16.2. The fraction of sp³-hybridized carbons (Fsp3) is 0.318. The Balaban J connectivity index is 1.40. The van der Waals surface area contributed by atoms with Crippen LogP contribution in [0, 0.1) is 0 Å². The van der Waals surface area contributed by atoms with Crippen molar-refractivity contribution in [3.63, 3.8) is 0 Å². The van der Waals surface area contributed by atoms with Gasteiger partial charge in [0, 0.05) is 24.0 Å². The van der Waals surface area contributed by atoms with Crippen LogP contribution in [0.1, 0.15) is 28.8 Å². The fourth-order valence-electron chi connectivity index (χ4n) is 4.09. The number of carbonyl (C=O) groups excluding carboxylic acids is 3. The molecule has 1 unspecified atom stereocenters. The van der Waals surface area contributed by atoms with E-state index < -0.39 is 17.5 Å². The molecule has 8 nitrogen and oxygen atoms in total. The first kappa shape index (κ1) is 18.5. The van der Waals surface area contributed by atoms with Gasteiger partial charge in [0.2, 0.25) is 0 Å². The standard InChI is InChI=1S/C22H20N2O6/c25-16(14-6-7-18-19(12-14)29-10-3-9-28-18)13-24-20(26)22(23-21(24)27)8-11-30-17-5-2-1-4-15(17)22/h1-2,4-7,12H,3,8-11,13H2,(H,23,27). The highest BCUT2D eigenvalue weighted by Gasteiger charge is 2.55. The molecule has 0 aromatic heterocycles. The molecule has 5 rings (SSSR count). The Kier molecular flexibility index (Phi) is 4.34. The lowest BCUT2D eigenvalue weighted by Crippen LogP contribution is -2.47. The molecule has 30 heavy (non-hydrogen) atoms. The molecule has 1 atom stereocenters. The highest BCUT2D eigenvalue weighted by molar-refractivity contribution is 6.11. The van der Waals surface area contributed by atoms with Crippen LogP contribution in [0.4, 0.5) is 4.79 Å². The summed E-state index contributed by atoms with van der Waals surface area (Å²) in [5.41, 5.74) is -0.231. The van der Waals surface area contributed by atoms with E-state index in [4.69, 9.17) is 14.2 Å². The summed E-state index contributed by atoms with van der Waals surface area (Å²) in [6.07, 6.45) is 1.07. The first-order chi connectivity index (χ1) is 14.6. The molecule has 0 bridgehead atoms. The lowest BCUT2D eigenvalue weighted by Gasteiger charge is -2.33. The molecule has 3 amide bonds. The van der Waals surface area contributed by atoms with Gasteiger partial charge in [-0.1, -0.05) is 18.2 Å². The number of rotatable bonds is 3. The fourth-order valence-corrected chi connectivity index (χ4v) is 4.09. The number of nitrogens with one attached hydrogen (secondary N) is 1. The highest BCUT2D eigenvalue weighted by Crippen LogP contribution is 2.41. The molecular weight excluding hydrogens is 388 g/mol. The molecule has 3 aliphatic rings. The number of amides is 3. The maximum absolute atomic E-state index is 13.3. The van der Waals surface area contributed by atoms with Gasteiger partial charge in [-0.15, -0.1) is 0 Å². The van der Waals surface area contributed by atoms with Gasteiger partial charge >= 0.3 is 6.03 Å².